The molecule has 4 N–H and O–H groups in total. The van der Waals surface area contributed by atoms with E-state index in [4.69, 9.17) is 0 Å². The fourth-order valence-corrected chi connectivity index (χ4v) is 3.53. The minimum atomic E-state index is -1.03. The second kappa shape index (κ2) is 9.56. The maximum atomic E-state index is 13.3. The topological polar surface area (TPSA) is 91.2 Å². The molecule has 2 aromatic carbocycles. The number of nitrogens with zero attached hydrogens (tertiary/aromatic N) is 2. The Bertz CT molecular complexity index is 1250. The van der Waals surface area contributed by atoms with Crippen molar-refractivity contribution in [2.75, 3.05) is 18.4 Å². The highest BCUT2D eigenvalue weighted by Crippen LogP contribution is 2.30. The van der Waals surface area contributed by atoms with E-state index in [0.29, 0.717) is 24.4 Å². The van der Waals surface area contributed by atoms with Crippen molar-refractivity contribution in [1.82, 2.24) is 20.4 Å². The van der Waals surface area contributed by atoms with Gasteiger partial charge in [-0.15, -0.1) is 0 Å². The molecule has 3 aromatic rings. The van der Waals surface area contributed by atoms with Crippen LogP contribution in [0.4, 0.5) is 19.3 Å². The van der Waals surface area contributed by atoms with Gasteiger partial charge in [-0.05, 0) is 42.3 Å². The maximum absolute atomic E-state index is 13.3. The molecule has 0 atom stereocenters. The number of allylic oxidation sites excluding steroid dienone is 3. The zero-order valence-electron chi connectivity index (χ0n) is 17.9. The number of rotatable bonds is 6. The molecular formula is C24H23F2N5O2. The van der Waals surface area contributed by atoms with Gasteiger partial charge in [-0.1, -0.05) is 24.3 Å². The monoisotopic (exact) mass is 451 g/mol. The van der Waals surface area contributed by atoms with Crippen molar-refractivity contribution < 1.29 is 18.7 Å². The fourth-order valence-electron chi connectivity index (χ4n) is 3.53. The number of urea groups is 1. The summed E-state index contributed by atoms with van der Waals surface area (Å²) >= 11 is 0. The summed E-state index contributed by atoms with van der Waals surface area (Å²) in [6, 6.07) is 9.72. The first-order valence-electron chi connectivity index (χ1n) is 10.4. The number of halogens is 2. The van der Waals surface area contributed by atoms with E-state index >= 15 is 0 Å². The van der Waals surface area contributed by atoms with E-state index < -0.39 is 17.7 Å². The summed E-state index contributed by atoms with van der Waals surface area (Å²) in [7, 11) is 0. The number of amides is 2. The van der Waals surface area contributed by atoms with Gasteiger partial charge in [-0.2, -0.15) is 5.10 Å². The minimum Gasteiger partial charge on any atom is -0.507 e. The van der Waals surface area contributed by atoms with Crippen LogP contribution >= 0.6 is 0 Å². The number of phenols is 1. The Hall–Kier alpha value is -4.14. The van der Waals surface area contributed by atoms with Gasteiger partial charge in [0.25, 0.3) is 0 Å². The number of carbonyl (C=O) groups is 1. The summed E-state index contributed by atoms with van der Waals surface area (Å²) in [5.74, 6) is -1.13. The molecule has 9 heteroatoms. The molecule has 0 bridgehead atoms. The number of aryl methyl sites for hydroxylation is 1. The second-order valence-electron chi connectivity index (χ2n) is 7.53. The number of anilines is 1. The van der Waals surface area contributed by atoms with Crippen LogP contribution in [0.2, 0.25) is 0 Å². The minimum absolute atomic E-state index is 0.153. The fraction of sp³-hybridized carbons (Fsp3) is 0.167. The van der Waals surface area contributed by atoms with E-state index in [-0.39, 0.29) is 18.0 Å². The van der Waals surface area contributed by atoms with Crippen LogP contribution in [-0.4, -0.2) is 34.0 Å². The van der Waals surface area contributed by atoms with Crippen molar-refractivity contribution in [2.24, 2.45) is 0 Å². The number of fused-ring (bicyclic) bond motifs is 1. The third-order valence-corrected chi connectivity index (χ3v) is 5.22. The Labute approximate surface area is 189 Å². The molecule has 33 heavy (non-hydrogen) atoms. The first kappa shape index (κ1) is 22.1. The first-order valence-corrected chi connectivity index (χ1v) is 10.4. The molecule has 0 saturated carbocycles. The number of hydrogen-bond donors (Lipinski definition) is 4. The molecule has 1 aromatic heterocycles. The molecule has 0 fully saturated rings. The number of aromatic hydroxyl groups is 1. The predicted molar refractivity (Wildman–Crippen MR) is 122 cm³/mol. The number of carbonyl (C=O) groups excluding carboxylic acids is 1. The third kappa shape index (κ3) is 5.03. The van der Waals surface area contributed by atoms with E-state index in [1.54, 1.807) is 23.0 Å². The van der Waals surface area contributed by atoms with Crippen molar-refractivity contribution >= 4 is 23.1 Å². The number of benzene rings is 2. The van der Waals surface area contributed by atoms with Crippen LogP contribution in [-0.2, 0) is 6.42 Å². The molecule has 0 saturated heterocycles. The molecular weight excluding hydrogens is 428 g/mol. The van der Waals surface area contributed by atoms with Crippen LogP contribution in [0.25, 0.3) is 11.4 Å². The van der Waals surface area contributed by atoms with Gasteiger partial charge in [0.1, 0.15) is 11.6 Å². The quantitative estimate of drug-likeness (QED) is 0.426. The van der Waals surface area contributed by atoms with Crippen LogP contribution in [0.3, 0.4) is 0 Å². The summed E-state index contributed by atoms with van der Waals surface area (Å²) in [6.07, 6.45) is 6.38. The number of nitrogens with one attached hydrogen (secondary N) is 3. The Morgan fingerprint density at radius 1 is 1.15 bits per heavy atom. The summed E-state index contributed by atoms with van der Waals surface area (Å²) in [5, 5.41) is 23.1. The van der Waals surface area contributed by atoms with Crippen molar-refractivity contribution in [3.8, 4) is 5.75 Å². The Balaban J connectivity index is 1.42. The van der Waals surface area contributed by atoms with Crippen molar-refractivity contribution in [3.63, 3.8) is 0 Å². The zero-order chi connectivity index (χ0) is 23.4. The predicted octanol–water partition coefficient (Wildman–Crippen LogP) is 4.02. The molecule has 170 valence electrons. The summed E-state index contributed by atoms with van der Waals surface area (Å²) < 4.78 is 28.1. The number of hydrogen-bond acceptors (Lipinski definition) is 4. The van der Waals surface area contributed by atoms with E-state index in [1.165, 1.54) is 6.07 Å². The largest absolute Gasteiger partial charge is 0.507 e. The molecule has 7 nitrogen and oxygen atoms in total. The zero-order valence-corrected chi connectivity index (χ0v) is 17.9. The van der Waals surface area contributed by atoms with E-state index in [2.05, 4.69) is 21.0 Å². The van der Waals surface area contributed by atoms with Crippen LogP contribution in [0.1, 0.15) is 16.8 Å². The lowest BCUT2D eigenvalue weighted by Gasteiger charge is -2.14. The average Bonchev–Trinajstić information content (AvgIpc) is 3.05. The van der Waals surface area contributed by atoms with Gasteiger partial charge in [0.05, 0.1) is 11.9 Å². The number of phenolic OH excluding ortho intramolecular Hbond substituents is 1. The maximum Gasteiger partial charge on any atom is 0.319 e. The Morgan fingerprint density at radius 2 is 1.97 bits per heavy atom. The molecule has 1 aliphatic rings. The van der Waals surface area contributed by atoms with Gasteiger partial charge in [0.2, 0.25) is 0 Å². The van der Waals surface area contributed by atoms with Crippen molar-refractivity contribution in [3.05, 3.63) is 89.3 Å². The molecule has 1 aliphatic heterocycles. The Kier molecular flexibility index (Phi) is 6.39. The molecule has 0 aliphatic carbocycles. The standard InChI is InChI=1S/C24H23F2N5O2/c1-15-14-29-31-21(15)9-6-16(18-4-2-3-5-22(18)32)12-23(31)27-10-11-28-24(33)30-17-7-8-19(25)20(26)13-17/h2-8,12-14,27,32H,9-11H2,1H3,(H2,28,30,33). The van der Waals surface area contributed by atoms with Crippen LogP contribution in [0, 0.1) is 18.6 Å². The van der Waals surface area contributed by atoms with E-state index in [9.17, 15) is 18.7 Å². The SMILES string of the molecule is Cc1cnn2c1CC=C(c1ccccc1O)C=C2NCCNC(=O)Nc1ccc(F)c(F)c1. The van der Waals surface area contributed by atoms with Crippen molar-refractivity contribution in [2.45, 2.75) is 13.3 Å². The van der Waals surface area contributed by atoms with Gasteiger partial charge >= 0.3 is 6.03 Å². The molecule has 0 spiro atoms. The molecule has 2 amide bonds. The van der Waals surface area contributed by atoms with Crippen LogP contribution < -0.4 is 16.0 Å². The highest BCUT2D eigenvalue weighted by atomic mass is 19.2. The lowest BCUT2D eigenvalue weighted by atomic mass is 10.0. The van der Waals surface area contributed by atoms with E-state index in [0.717, 1.165) is 29.0 Å². The lowest BCUT2D eigenvalue weighted by molar-refractivity contribution is 0.252. The molecule has 0 unspecified atom stereocenters. The molecule has 4 rings (SSSR count). The number of para-hydroxylation sites is 1. The summed E-state index contributed by atoms with van der Waals surface area (Å²) in [6.45, 7) is 2.63. The van der Waals surface area contributed by atoms with Crippen LogP contribution in [0.15, 0.2) is 60.8 Å². The third-order valence-electron chi connectivity index (χ3n) is 5.22. The van der Waals surface area contributed by atoms with Gasteiger partial charge in [-0.3, -0.25) is 0 Å². The summed E-state index contributed by atoms with van der Waals surface area (Å²) in [5.41, 5.74) is 3.78. The van der Waals surface area contributed by atoms with Gasteiger partial charge in [-0.25, -0.2) is 18.3 Å². The van der Waals surface area contributed by atoms with Gasteiger partial charge in [0.15, 0.2) is 11.6 Å². The highest BCUT2D eigenvalue weighted by molar-refractivity contribution is 5.89. The number of aromatic nitrogens is 2. The van der Waals surface area contributed by atoms with E-state index in [1.807, 2.05) is 31.2 Å². The second-order valence-corrected chi connectivity index (χ2v) is 7.53. The molecule has 2 heterocycles. The first-order chi connectivity index (χ1) is 15.9. The lowest BCUT2D eigenvalue weighted by Crippen LogP contribution is -2.35. The highest BCUT2D eigenvalue weighted by Gasteiger charge is 2.16. The molecule has 0 radical (unpaired) electrons. The van der Waals surface area contributed by atoms with Gasteiger partial charge in [0, 0.05) is 36.8 Å². The Morgan fingerprint density at radius 3 is 2.76 bits per heavy atom. The average molecular weight is 451 g/mol. The van der Waals surface area contributed by atoms with Gasteiger partial charge < -0.3 is 21.1 Å². The smallest absolute Gasteiger partial charge is 0.319 e. The normalized spacial score (nSPS) is 12.8. The van der Waals surface area contributed by atoms with Crippen molar-refractivity contribution in [1.29, 1.82) is 0 Å². The van der Waals surface area contributed by atoms with Crippen LogP contribution in [0.5, 0.6) is 5.75 Å². The summed E-state index contributed by atoms with van der Waals surface area (Å²) in [4.78, 5) is 12.1.